The first kappa shape index (κ1) is 13.3. The van der Waals surface area contributed by atoms with Crippen molar-refractivity contribution < 1.29 is 9.53 Å². The molecule has 4 N–H and O–H groups in total. The Morgan fingerprint density at radius 1 is 1.45 bits per heavy atom. The molecule has 1 saturated heterocycles. The van der Waals surface area contributed by atoms with Gasteiger partial charge in [0.05, 0.1) is 12.1 Å². The molecule has 1 amide bonds. The monoisotopic (exact) mass is 277 g/mol. The van der Waals surface area contributed by atoms with Crippen molar-refractivity contribution in [3.05, 3.63) is 17.8 Å². The molecule has 1 saturated carbocycles. The molecule has 0 bridgehead atoms. The van der Waals surface area contributed by atoms with E-state index in [9.17, 15) is 4.79 Å². The Morgan fingerprint density at radius 2 is 2.30 bits per heavy atom. The lowest BCUT2D eigenvalue weighted by molar-refractivity contribution is -0.104. The van der Waals surface area contributed by atoms with Crippen molar-refractivity contribution in [1.29, 1.82) is 0 Å². The van der Waals surface area contributed by atoms with Gasteiger partial charge in [0.1, 0.15) is 5.82 Å². The molecule has 3 rings (SSSR count). The van der Waals surface area contributed by atoms with E-state index >= 15 is 0 Å². The fourth-order valence-electron chi connectivity index (χ4n) is 2.96. The highest BCUT2D eigenvalue weighted by atomic mass is 16.5. The smallest absolute Gasteiger partial charge is 0.271 e. The van der Waals surface area contributed by atoms with Gasteiger partial charge in [-0.25, -0.2) is 0 Å². The van der Waals surface area contributed by atoms with Crippen LogP contribution >= 0.6 is 0 Å². The van der Waals surface area contributed by atoms with Crippen LogP contribution in [-0.4, -0.2) is 47.9 Å². The number of ether oxygens (including phenoxy) is 1. The Kier molecular flexibility index (Phi) is 3.54. The van der Waals surface area contributed by atoms with Crippen molar-refractivity contribution >= 4 is 11.7 Å². The quantitative estimate of drug-likeness (QED) is 0.704. The van der Waals surface area contributed by atoms with Crippen molar-refractivity contribution in [3.63, 3.8) is 0 Å². The lowest BCUT2D eigenvalue weighted by Crippen LogP contribution is -2.69. The lowest BCUT2D eigenvalue weighted by Gasteiger charge is -2.52. The van der Waals surface area contributed by atoms with Crippen LogP contribution in [0.3, 0.4) is 0 Å². The average Bonchev–Trinajstić information content (AvgIpc) is 2.52. The number of anilines is 1. The first-order valence-corrected chi connectivity index (χ1v) is 6.90. The standard InChI is InChI=1S/C13H19N5O2/c1-15-13(19)8-4-5-9(18-17-8)16-11-10(14)7-3-2-6-20-12(7)11/h4-5,7,10-12H,2-3,6,14H2,1H3,(H,15,19)(H,16,18). The molecule has 2 heterocycles. The van der Waals surface area contributed by atoms with Crippen LogP contribution in [0.5, 0.6) is 0 Å². The zero-order valence-electron chi connectivity index (χ0n) is 11.4. The highest BCUT2D eigenvalue weighted by molar-refractivity contribution is 5.91. The number of hydrogen-bond acceptors (Lipinski definition) is 6. The van der Waals surface area contributed by atoms with Crippen molar-refractivity contribution in [3.8, 4) is 0 Å². The molecule has 4 unspecified atom stereocenters. The van der Waals surface area contributed by atoms with E-state index in [-0.39, 0.29) is 24.1 Å². The van der Waals surface area contributed by atoms with Gasteiger partial charge in [-0.1, -0.05) is 0 Å². The summed E-state index contributed by atoms with van der Waals surface area (Å²) in [5.41, 5.74) is 6.46. The van der Waals surface area contributed by atoms with E-state index in [1.165, 1.54) is 0 Å². The van der Waals surface area contributed by atoms with E-state index < -0.39 is 0 Å². The number of aromatic nitrogens is 2. The second kappa shape index (κ2) is 5.34. The average molecular weight is 277 g/mol. The third-order valence-corrected chi connectivity index (χ3v) is 4.12. The topological polar surface area (TPSA) is 102 Å². The molecule has 1 aromatic heterocycles. The van der Waals surface area contributed by atoms with Gasteiger partial charge in [0.25, 0.3) is 5.91 Å². The molecule has 7 heteroatoms. The van der Waals surface area contributed by atoms with Crippen molar-refractivity contribution in [2.24, 2.45) is 11.7 Å². The fourth-order valence-corrected chi connectivity index (χ4v) is 2.96. The maximum atomic E-state index is 11.4. The number of nitrogens with zero attached hydrogens (tertiary/aromatic N) is 2. The van der Waals surface area contributed by atoms with Crippen LogP contribution in [0.15, 0.2) is 12.1 Å². The summed E-state index contributed by atoms with van der Waals surface area (Å²) >= 11 is 0. The second-order valence-corrected chi connectivity index (χ2v) is 5.27. The van der Waals surface area contributed by atoms with E-state index in [4.69, 9.17) is 10.5 Å². The van der Waals surface area contributed by atoms with Gasteiger partial charge >= 0.3 is 0 Å². The number of nitrogens with one attached hydrogen (secondary N) is 2. The summed E-state index contributed by atoms with van der Waals surface area (Å²) in [6.07, 6.45) is 2.38. The maximum absolute atomic E-state index is 11.4. The van der Waals surface area contributed by atoms with Gasteiger partial charge in [-0.05, 0) is 25.0 Å². The Labute approximate surface area is 117 Å². The summed E-state index contributed by atoms with van der Waals surface area (Å²) in [5, 5.41) is 13.7. The zero-order valence-corrected chi connectivity index (χ0v) is 11.4. The first-order chi connectivity index (χ1) is 9.70. The maximum Gasteiger partial charge on any atom is 0.271 e. The normalized spacial score (nSPS) is 31.9. The van der Waals surface area contributed by atoms with Gasteiger partial charge < -0.3 is 21.1 Å². The molecule has 4 atom stereocenters. The highest BCUT2D eigenvalue weighted by Crippen LogP contribution is 2.38. The molecule has 0 aromatic carbocycles. The van der Waals surface area contributed by atoms with Gasteiger partial charge in [-0.15, -0.1) is 10.2 Å². The molecule has 1 aromatic rings. The molecule has 0 spiro atoms. The molecular formula is C13H19N5O2. The van der Waals surface area contributed by atoms with Crippen LogP contribution < -0.4 is 16.4 Å². The summed E-state index contributed by atoms with van der Waals surface area (Å²) in [5.74, 6) is 0.810. The van der Waals surface area contributed by atoms with Crippen LogP contribution in [0, 0.1) is 5.92 Å². The van der Waals surface area contributed by atoms with E-state index in [2.05, 4.69) is 20.8 Å². The zero-order chi connectivity index (χ0) is 14.1. The number of rotatable bonds is 3. The minimum Gasteiger partial charge on any atom is -0.376 e. The molecule has 1 aliphatic heterocycles. The summed E-state index contributed by atoms with van der Waals surface area (Å²) in [7, 11) is 1.56. The minimum absolute atomic E-state index is 0.0699. The van der Waals surface area contributed by atoms with Crippen LogP contribution in [-0.2, 0) is 4.74 Å². The molecule has 1 aliphatic carbocycles. The minimum atomic E-state index is -0.250. The number of nitrogens with two attached hydrogens (primary N) is 1. The summed E-state index contributed by atoms with van der Waals surface area (Å²) in [6, 6.07) is 3.53. The number of amides is 1. The van der Waals surface area contributed by atoms with Crippen LogP contribution in [0.2, 0.25) is 0 Å². The van der Waals surface area contributed by atoms with Gasteiger partial charge in [-0.3, -0.25) is 4.79 Å². The molecule has 7 nitrogen and oxygen atoms in total. The third kappa shape index (κ3) is 2.23. The molecular weight excluding hydrogens is 258 g/mol. The van der Waals surface area contributed by atoms with Crippen LogP contribution in [0.4, 0.5) is 5.82 Å². The second-order valence-electron chi connectivity index (χ2n) is 5.27. The van der Waals surface area contributed by atoms with Crippen LogP contribution in [0.1, 0.15) is 23.3 Å². The third-order valence-electron chi connectivity index (χ3n) is 4.12. The van der Waals surface area contributed by atoms with E-state index in [1.54, 1.807) is 19.2 Å². The molecule has 20 heavy (non-hydrogen) atoms. The first-order valence-electron chi connectivity index (χ1n) is 6.90. The number of fused-ring (bicyclic) bond motifs is 1. The van der Waals surface area contributed by atoms with Crippen molar-refractivity contribution in [2.75, 3.05) is 19.0 Å². The Balaban J connectivity index is 1.64. The molecule has 2 aliphatic rings. The van der Waals surface area contributed by atoms with Crippen molar-refractivity contribution in [1.82, 2.24) is 15.5 Å². The van der Waals surface area contributed by atoms with E-state index in [0.29, 0.717) is 17.4 Å². The Bertz CT molecular complexity index is 492. The Morgan fingerprint density at radius 3 is 3.00 bits per heavy atom. The number of hydrogen-bond donors (Lipinski definition) is 3. The molecule has 0 radical (unpaired) electrons. The van der Waals surface area contributed by atoms with Crippen LogP contribution in [0.25, 0.3) is 0 Å². The highest BCUT2D eigenvalue weighted by Gasteiger charge is 2.50. The molecule has 2 fully saturated rings. The SMILES string of the molecule is CNC(=O)c1ccc(NC2C(N)C3CCCOC32)nn1. The summed E-state index contributed by atoms with van der Waals surface area (Å²) in [4.78, 5) is 11.4. The summed E-state index contributed by atoms with van der Waals surface area (Å²) in [6.45, 7) is 0.799. The Hall–Kier alpha value is -1.73. The van der Waals surface area contributed by atoms with Gasteiger partial charge in [0, 0.05) is 25.6 Å². The predicted octanol–water partition coefficient (Wildman–Crippen LogP) is -0.247. The molecule has 108 valence electrons. The number of carbonyl (C=O) groups excluding carboxylic acids is 1. The summed E-state index contributed by atoms with van der Waals surface area (Å²) < 4.78 is 5.76. The predicted molar refractivity (Wildman–Crippen MR) is 73.3 cm³/mol. The van der Waals surface area contributed by atoms with Gasteiger partial charge in [-0.2, -0.15) is 0 Å². The van der Waals surface area contributed by atoms with Crippen molar-refractivity contribution in [2.45, 2.75) is 31.0 Å². The number of carbonyl (C=O) groups is 1. The largest absolute Gasteiger partial charge is 0.376 e. The van der Waals surface area contributed by atoms with Gasteiger partial charge in [0.2, 0.25) is 0 Å². The van der Waals surface area contributed by atoms with E-state index in [1.807, 2.05) is 0 Å². The van der Waals surface area contributed by atoms with Gasteiger partial charge in [0.15, 0.2) is 5.69 Å². The fraction of sp³-hybridized carbons (Fsp3) is 0.615. The van der Waals surface area contributed by atoms with E-state index in [0.717, 1.165) is 19.4 Å². The lowest BCUT2D eigenvalue weighted by atomic mass is 9.68.